The van der Waals surface area contributed by atoms with Gasteiger partial charge in [0.15, 0.2) is 5.88 Å². The Bertz CT molecular complexity index is 1390. The zero-order valence-electron chi connectivity index (χ0n) is 19.8. The molecule has 0 amide bonds. The van der Waals surface area contributed by atoms with E-state index in [1.165, 1.54) is 5.56 Å². The molecule has 180 valence electrons. The number of nitrogens with zero attached hydrogens (tertiary/aromatic N) is 3. The summed E-state index contributed by atoms with van der Waals surface area (Å²) in [5.41, 5.74) is 5.37. The highest BCUT2D eigenvalue weighted by Crippen LogP contribution is 2.33. The molecule has 0 saturated carbocycles. The summed E-state index contributed by atoms with van der Waals surface area (Å²) in [5.74, 6) is -0.894. The number of aromatic nitrogens is 1. The zero-order chi connectivity index (χ0) is 25.1. The van der Waals surface area contributed by atoms with E-state index in [2.05, 4.69) is 25.8 Å². The number of carboxylic acid groups (broad SMARTS) is 1. The topological polar surface area (TPSA) is 92.2 Å². The lowest BCUT2D eigenvalue weighted by Gasteiger charge is -2.18. The summed E-state index contributed by atoms with van der Waals surface area (Å²) < 4.78 is 0.894. The van der Waals surface area contributed by atoms with Gasteiger partial charge in [0.1, 0.15) is 6.54 Å². The van der Waals surface area contributed by atoms with E-state index < -0.39 is 5.97 Å². The highest BCUT2D eigenvalue weighted by atomic mass is 79.9. The maximum atomic E-state index is 11.2. The molecule has 0 atom stereocenters. The van der Waals surface area contributed by atoms with Gasteiger partial charge in [-0.1, -0.05) is 46.3 Å². The zero-order valence-corrected chi connectivity index (χ0v) is 21.4. The number of H-pyrrole nitrogens is 1. The van der Waals surface area contributed by atoms with Crippen LogP contribution in [0.2, 0.25) is 0 Å². The van der Waals surface area contributed by atoms with Gasteiger partial charge in [-0.05, 0) is 56.1 Å². The van der Waals surface area contributed by atoms with Crippen LogP contribution in [0, 0.1) is 0 Å². The molecule has 0 radical (unpaired) electrons. The standard InChI is InChI=1S/C27H27BrN4O3/c1-31(2)15-17-7-10-20(11-8-17)29-26(18-5-4-6-21(13-18)32(3)16-24(33)34)25-22-12-9-19(28)14-23(22)30-27(25)35/h4-14,30,35H,15-16H2,1-3H3,(H,33,34). The van der Waals surface area contributed by atoms with Crippen molar-refractivity contribution in [3.63, 3.8) is 0 Å². The van der Waals surface area contributed by atoms with Gasteiger partial charge in [0, 0.05) is 34.7 Å². The molecule has 4 aromatic rings. The molecule has 0 aliphatic rings. The van der Waals surface area contributed by atoms with Crippen molar-refractivity contribution in [2.75, 3.05) is 32.6 Å². The summed E-state index contributed by atoms with van der Waals surface area (Å²) in [6.45, 7) is 0.697. The highest BCUT2D eigenvalue weighted by Gasteiger charge is 2.20. The summed E-state index contributed by atoms with van der Waals surface area (Å²) >= 11 is 3.48. The van der Waals surface area contributed by atoms with E-state index in [9.17, 15) is 15.0 Å². The van der Waals surface area contributed by atoms with Crippen molar-refractivity contribution >= 4 is 49.9 Å². The van der Waals surface area contributed by atoms with Gasteiger partial charge in [-0.2, -0.15) is 0 Å². The first kappa shape index (κ1) is 24.5. The Kier molecular flexibility index (Phi) is 7.23. The first-order valence-corrected chi connectivity index (χ1v) is 11.9. The van der Waals surface area contributed by atoms with Gasteiger partial charge in [0.25, 0.3) is 0 Å². The predicted octanol–water partition coefficient (Wildman–Crippen LogP) is 5.39. The lowest BCUT2D eigenvalue weighted by atomic mass is 10.00. The molecule has 3 aromatic carbocycles. The van der Waals surface area contributed by atoms with Crippen molar-refractivity contribution in [2.24, 2.45) is 4.99 Å². The quantitative estimate of drug-likeness (QED) is 0.263. The molecule has 4 rings (SSSR count). The Balaban J connectivity index is 1.87. The number of aromatic hydroxyl groups is 1. The largest absolute Gasteiger partial charge is 0.494 e. The number of nitrogens with one attached hydrogen (secondary N) is 1. The first-order chi connectivity index (χ1) is 16.7. The van der Waals surface area contributed by atoms with Crippen LogP contribution in [-0.4, -0.2) is 59.5 Å². The Labute approximate surface area is 212 Å². The molecular weight excluding hydrogens is 508 g/mol. The molecule has 7 nitrogen and oxygen atoms in total. The normalized spacial score (nSPS) is 11.9. The molecule has 1 aromatic heterocycles. The van der Waals surface area contributed by atoms with Crippen LogP contribution in [0.3, 0.4) is 0 Å². The third-order valence-electron chi connectivity index (χ3n) is 5.59. The van der Waals surface area contributed by atoms with E-state index in [1.54, 1.807) is 11.9 Å². The second kappa shape index (κ2) is 10.3. The molecule has 3 N–H and O–H groups in total. The fourth-order valence-corrected chi connectivity index (χ4v) is 4.38. The minimum atomic E-state index is -0.913. The minimum absolute atomic E-state index is 0.0189. The van der Waals surface area contributed by atoms with Gasteiger partial charge in [-0.3, -0.25) is 4.79 Å². The Hall–Kier alpha value is -3.62. The van der Waals surface area contributed by atoms with E-state index in [4.69, 9.17) is 4.99 Å². The van der Waals surface area contributed by atoms with Crippen LogP contribution < -0.4 is 4.90 Å². The van der Waals surface area contributed by atoms with Gasteiger partial charge < -0.3 is 25.0 Å². The molecule has 35 heavy (non-hydrogen) atoms. The van der Waals surface area contributed by atoms with Crippen LogP contribution in [0.5, 0.6) is 5.88 Å². The molecular formula is C27H27BrN4O3. The number of benzene rings is 3. The van der Waals surface area contributed by atoms with Crippen LogP contribution in [0.15, 0.2) is 76.2 Å². The molecule has 0 aliphatic heterocycles. The number of aromatic amines is 1. The number of likely N-dealkylation sites (N-methyl/N-ethyl adjacent to an activating group) is 1. The number of carboxylic acids is 1. The van der Waals surface area contributed by atoms with Gasteiger partial charge in [0.05, 0.1) is 22.5 Å². The number of hydrogen-bond donors (Lipinski definition) is 3. The number of carbonyl (C=O) groups is 1. The monoisotopic (exact) mass is 534 g/mol. The van der Waals surface area contributed by atoms with E-state index in [1.807, 2.05) is 80.8 Å². The predicted molar refractivity (Wildman–Crippen MR) is 144 cm³/mol. The van der Waals surface area contributed by atoms with Crippen LogP contribution in [0.4, 0.5) is 11.4 Å². The lowest BCUT2D eigenvalue weighted by molar-refractivity contribution is -0.135. The molecule has 0 saturated heterocycles. The highest BCUT2D eigenvalue weighted by molar-refractivity contribution is 9.10. The van der Waals surface area contributed by atoms with Crippen molar-refractivity contribution in [1.82, 2.24) is 9.88 Å². The van der Waals surface area contributed by atoms with Gasteiger partial charge in [0.2, 0.25) is 0 Å². The van der Waals surface area contributed by atoms with Crippen molar-refractivity contribution < 1.29 is 15.0 Å². The Morgan fingerprint density at radius 3 is 2.46 bits per heavy atom. The van der Waals surface area contributed by atoms with Gasteiger partial charge >= 0.3 is 5.97 Å². The molecule has 0 spiro atoms. The second-order valence-corrected chi connectivity index (χ2v) is 9.62. The molecule has 1 heterocycles. The second-order valence-electron chi connectivity index (χ2n) is 8.70. The average molecular weight is 535 g/mol. The fourth-order valence-electron chi connectivity index (χ4n) is 4.01. The number of aliphatic carboxylic acids is 1. The van der Waals surface area contributed by atoms with Gasteiger partial charge in [-0.25, -0.2) is 4.99 Å². The van der Waals surface area contributed by atoms with E-state index in [0.29, 0.717) is 11.3 Å². The summed E-state index contributed by atoms with van der Waals surface area (Å²) in [5, 5.41) is 21.0. The third kappa shape index (κ3) is 5.72. The first-order valence-electron chi connectivity index (χ1n) is 11.1. The average Bonchev–Trinajstić information content (AvgIpc) is 3.12. The molecule has 0 bridgehead atoms. The lowest BCUT2D eigenvalue weighted by Crippen LogP contribution is -2.25. The molecule has 0 fully saturated rings. The van der Waals surface area contributed by atoms with Crippen LogP contribution in [0.1, 0.15) is 16.7 Å². The van der Waals surface area contributed by atoms with Crippen molar-refractivity contribution in [3.05, 3.63) is 87.9 Å². The Morgan fingerprint density at radius 1 is 1.03 bits per heavy atom. The smallest absolute Gasteiger partial charge is 0.323 e. The van der Waals surface area contributed by atoms with Crippen molar-refractivity contribution in [2.45, 2.75) is 6.54 Å². The summed E-state index contributed by atoms with van der Waals surface area (Å²) in [6, 6.07) is 21.3. The van der Waals surface area contributed by atoms with Crippen LogP contribution >= 0.6 is 15.9 Å². The summed E-state index contributed by atoms with van der Waals surface area (Å²) in [4.78, 5) is 23.0. The van der Waals surface area contributed by atoms with Crippen LogP contribution in [0.25, 0.3) is 10.9 Å². The number of hydrogen-bond acceptors (Lipinski definition) is 5. The van der Waals surface area contributed by atoms with Gasteiger partial charge in [-0.15, -0.1) is 0 Å². The SMILES string of the molecule is CN(C)Cc1ccc(N=C(c2cccc(N(C)CC(=O)O)c2)c2c(O)[nH]c3cc(Br)ccc23)cc1. The van der Waals surface area contributed by atoms with E-state index in [0.717, 1.165) is 38.9 Å². The number of rotatable bonds is 8. The number of fused-ring (bicyclic) bond motifs is 1. The van der Waals surface area contributed by atoms with E-state index in [-0.39, 0.29) is 12.4 Å². The third-order valence-corrected chi connectivity index (χ3v) is 6.08. The molecule has 0 aliphatic carbocycles. The maximum absolute atomic E-state index is 11.2. The van der Waals surface area contributed by atoms with Crippen LogP contribution in [-0.2, 0) is 11.3 Å². The summed E-state index contributed by atoms with van der Waals surface area (Å²) in [7, 11) is 5.78. The van der Waals surface area contributed by atoms with Crippen molar-refractivity contribution in [3.8, 4) is 5.88 Å². The van der Waals surface area contributed by atoms with Crippen molar-refractivity contribution in [1.29, 1.82) is 0 Å². The molecule has 8 heteroatoms. The number of halogens is 1. The molecule has 0 unspecified atom stereocenters. The minimum Gasteiger partial charge on any atom is -0.494 e. The maximum Gasteiger partial charge on any atom is 0.323 e. The van der Waals surface area contributed by atoms with E-state index >= 15 is 0 Å². The summed E-state index contributed by atoms with van der Waals surface area (Å²) in [6.07, 6.45) is 0. The number of aliphatic imine (C=N–C) groups is 1. The number of anilines is 1. The fraction of sp³-hybridized carbons (Fsp3) is 0.185. The Morgan fingerprint density at radius 2 is 1.77 bits per heavy atom.